The first-order chi connectivity index (χ1) is 31.5. The molecular formula is C61H42N2O. The number of nitrogens with zero attached hydrogens (tertiary/aromatic N) is 2. The van der Waals surface area contributed by atoms with Crippen LogP contribution in [0.25, 0.3) is 93.6 Å². The molecule has 0 N–H and O–H groups in total. The summed E-state index contributed by atoms with van der Waals surface area (Å²) < 4.78 is 8.90. The van der Waals surface area contributed by atoms with Crippen LogP contribution in [0.15, 0.2) is 223 Å². The van der Waals surface area contributed by atoms with Crippen LogP contribution in [0.3, 0.4) is 0 Å². The summed E-state index contributed by atoms with van der Waals surface area (Å²) in [5, 5.41) is 7.10. The third-order valence-corrected chi connectivity index (χ3v) is 13.8. The molecule has 10 aromatic carbocycles. The molecule has 0 unspecified atom stereocenters. The number of benzene rings is 10. The lowest BCUT2D eigenvalue weighted by Crippen LogP contribution is -2.16. The van der Waals surface area contributed by atoms with Gasteiger partial charge in [0.15, 0.2) is 0 Å². The molecule has 1 aliphatic carbocycles. The van der Waals surface area contributed by atoms with E-state index in [4.69, 9.17) is 4.42 Å². The van der Waals surface area contributed by atoms with Gasteiger partial charge in [-0.2, -0.15) is 0 Å². The lowest BCUT2D eigenvalue weighted by molar-refractivity contribution is 0.660. The van der Waals surface area contributed by atoms with Crippen molar-refractivity contribution in [3.8, 4) is 39.1 Å². The average molecular weight is 819 g/mol. The molecule has 12 aromatic rings. The van der Waals surface area contributed by atoms with Gasteiger partial charge in [-0.1, -0.05) is 159 Å². The van der Waals surface area contributed by atoms with Crippen LogP contribution in [0.1, 0.15) is 25.0 Å². The van der Waals surface area contributed by atoms with Crippen LogP contribution in [0.5, 0.6) is 0 Å². The molecular weight excluding hydrogens is 777 g/mol. The second-order valence-electron chi connectivity index (χ2n) is 17.7. The molecule has 3 heteroatoms. The molecule has 2 aromatic heterocycles. The van der Waals surface area contributed by atoms with Crippen LogP contribution in [0, 0.1) is 0 Å². The van der Waals surface area contributed by atoms with Crippen molar-refractivity contribution in [2.24, 2.45) is 0 Å². The van der Waals surface area contributed by atoms with Gasteiger partial charge in [0.2, 0.25) is 0 Å². The third-order valence-electron chi connectivity index (χ3n) is 13.8. The minimum atomic E-state index is -0.130. The Kier molecular flexibility index (Phi) is 7.95. The molecule has 3 nitrogen and oxygen atoms in total. The van der Waals surface area contributed by atoms with E-state index in [-0.39, 0.29) is 5.41 Å². The Bertz CT molecular complexity index is 3770. The number of hydrogen-bond donors (Lipinski definition) is 0. The van der Waals surface area contributed by atoms with Gasteiger partial charge in [-0.3, -0.25) is 0 Å². The molecule has 64 heavy (non-hydrogen) atoms. The molecule has 0 saturated heterocycles. The van der Waals surface area contributed by atoms with Gasteiger partial charge < -0.3 is 13.9 Å². The molecule has 1 aliphatic rings. The first-order valence-electron chi connectivity index (χ1n) is 22.2. The fourth-order valence-electron chi connectivity index (χ4n) is 10.7. The molecule has 0 radical (unpaired) electrons. The molecule has 0 saturated carbocycles. The van der Waals surface area contributed by atoms with Crippen molar-refractivity contribution >= 4 is 71.6 Å². The van der Waals surface area contributed by atoms with E-state index in [2.05, 4.69) is 242 Å². The van der Waals surface area contributed by atoms with Gasteiger partial charge >= 0.3 is 0 Å². The molecule has 0 amide bonds. The van der Waals surface area contributed by atoms with Crippen molar-refractivity contribution in [2.45, 2.75) is 19.3 Å². The number of anilines is 3. The number of rotatable bonds is 6. The summed E-state index contributed by atoms with van der Waals surface area (Å²) in [7, 11) is 0. The number of para-hydroxylation sites is 2. The highest BCUT2D eigenvalue weighted by Crippen LogP contribution is 2.54. The van der Waals surface area contributed by atoms with Crippen LogP contribution in [0.4, 0.5) is 17.1 Å². The average Bonchev–Trinajstić information content (AvgIpc) is 3.98. The summed E-state index contributed by atoms with van der Waals surface area (Å²) in [5.41, 5.74) is 18.5. The highest BCUT2D eigenvalue weighted by atomic mass is 16.3. The van der Waals surface area contributed by atoms with Crippen LogP contribution >= 0.6 is 0 Å². The predicted molar refractivity (Wildman–Crippen MR) is 269 cm³/mol. The summed E-state index contributed by atoms with van der Waals surface area (Å²) in [4.78, 5) is 2.46. The van der Waals surface area contributed by atoms with E-state index in [1.807, 2.05) is 0 Å². The SMILES string of the molecule is CC1(C)c2ccccc2-c2c(N(c3ccc(-c4cccc(-n5c6ccccc6c6ccccc65)c4)cc3)c3cccc(-c4ccc5oc6c7ccccc7ccc6c5c4)c3)cccc21. The Hall–Kier alpha value is -8.14. The first-order valence-corrected chi connectivity index (χ1v) is 22.2. The van der Waals surface area contributed by atoms with E-state index >= 15 is 0 Å². The normalized spacial score (nSPS) is 13.0. The van der Waals surface area contributed by atoms with Crippen molar-refractivity contribution in [3.63, 3.8) is 0 Å². The number of aromatic nitrogens is 1. The Morgan fingerprint density at radius 1 is 0.422 bits per heavy atom. The van der Waals surface area contributed by atoms with Gasteiger partial charge in [0.25, 0.3) is 0 Å². The Labute approximate surface area is 371 Å². The minimum Gasteiger partial charge on any atom is -0.455 e. The Morgan fingerprint density at radius 3 is 1.88 bits per heavy atom. The summed E-state index contributed by atoms with van der Waals surface area (Å²) in [6, 6.07) is 79.7. The van der Waals surface area contributed by atoms with Gasteiger partial charge in [-0.15, -0.1) is 0 Å². The Balaban J connectivity index is 0.947. The van der Waals surface area contributed by atoms with Crippen LogP contribution < -0.4 is 4.90 Å². The fraction of sp³-hybridized carbons (Fsp3) is 0.0492. The monoisotopic (exact) mass is 818 g/mol. The standard InChI is InChI=1S/C61H42N2O/c1-61(2)53-23-8-5-22-51(53)59-54(61)24-13-27-57(59)62(45-17-12-16-42(37-45)43-31-35-58-52(38-43)50-34-30-40-14-3-4-19-47(40)60(50)64-58)44-32-28-39(29-33-44)41-15-11-18-46(36-41)63-55-25-9-6-20-48(55)49-21-7-10-26-56(49)63/h3-38H,1-2H3. The second-order valence-corrected chi connectivity index (χ2v) is 17.7. The van der Waals surface area contributed by atoms with Crippen molar-refractivity contribution in [1.29, 1.82) is 0 Å². The lowest BCUT2D eigenvalue weighted by atomic mass is 9.82. The molecule has 0 fully saturated rings. The van der Waals surface area contributed by atoms with E-state index in [1.54, 1.807) is 0 Å². The fourth-order valence-corrected chi connectivity index (χ4v) is 10.7. The van der Waals surface area contributed by atoms with Crippen molar-refractivity contribution in [3.05, 3.63) is 230 Å². The maximum absolute atomic E-state index is 6.51. The lowest BCUT2D eigenvalue weighted by Gasteiger charge is -2.29. The number of hydrogen-bond acceptors (Lipinski definition) is 2. The van der Waals surface area contributed by atoms with E-state index in [1.165, 1.54) is 60.6 Å². The van der Waals surface area contributed by atoms with Crippen molar-refractivity contribution in [2.75, 3.05) is 4.90 Å². The minimum absolute atomic E-state index is 0.130. The summed E-state index contributed by atoms with van der Waals surface area (Å²) in [5.74, 6) is 0. The van der Waals surface area contributed by atoms with Crippen LogP contribution in [0.2, 0.25) is 0 Å². The summed E-state index contributed by atoms with van der Waals surface area (Å²) >= 11 is 0. The maximum Gasteiger partial charge on any atom is 0.143 e. The van der Waals surface area contributed by atoms with E-state index in [0.717, 1.165) is 61.2 Å². The van der Waals surface area contributed by atoms with E-state index in [9.17, 15) is 0 Å². The molecule has 0 bridgehead atoms. The molecule has 2 heterocycles. The van der Waals surface area contributed by atoms with Gasteiger partial charge in [0, 0.05) is 55.0 Å². The van der Waals surface area contributed by atoms with Gasteiger partial charge in [-0.25, -0.2) is 0 Å². The zero-order chi connectivity index (χ0) is 42.5. The van der Waals surface area contributed by atoms with Crippen LogP contribution in [-0.2, 0) is 5.41 Å². The molecule has 0 atom stereocenters. The van der Waals surface area contributed by atoms with Crippen molar-refractivity contribution in [1.82, 2.24) is 4.57 Å². The molecule has 13 rings (SSSR count). The topological polar surface area (TPSA) is 21.3 Å². The largest absolute Gasteiger partial charge is 0.455 e. The van der Waals surface area contributed by atoms with Gasteiger partial charge in [-0.05, 0) is 117 Å². The maximum atomic E-state index is 6.51. The third kappa shape index (κ3) is 5.47. The van der Waals surface area contributed by atoms with E-state index < -0.39 is 0 Å². The molecule has 0 spiro atoms. The predicted octanol–water partition coefficient (Wildman–Crippen LogP) is 16.9. The van der Waals surface area contributed by atoms with E-state index in [0.29, 0.717) is 0 Å². The smallest absolute Gasteiger partial charge is 0.143 e. The molecule has 0 aliphatic heterocycles. The second kappa shape index (κ2) is 13.9. The zero-order valence-electron chi connectivity index (χ0n) is 35.6. The summed E-state index contributed by atoms with van der Waals surface area (Å²) in [6.45, 7) is 4.71. The number of fused-ring (bicyclic) bond motifs is 11. The quantitative estimate of drug-likeness (QED) is 0.167. The highest BCUT2D eigenvalue weighted by molar-refractivity contribution is 6.15. The summed E-state index contributed by atoms with van der Waals surface area (Å²) in [6.07, 6.45) is 0. The number of furan rings is 1. The zero-order valence-corrected chi connectivity index (χ0v) is 35.6. The molecule has 302 valence electrons. The first kappa shape index (κ1) is 36.5. The van der Waals surface area contributed by atoms with Crippen LogP contribution in [-0.4, -0.2) is 4.57 Å². The Morgan fingerprint density at radius 2 is 1.06 bits per heavy atom. The highest BCUT2D eigenvalue weighted by Gasteiger charge is 2.37. The van der Waals surface area contributed by atoms with Gasteiger partial charge in [0.05, 0.1) is 16.7 Å². The van der Waals surface area contributed by atoms with Crippen molar-refractivity contribution < 1.29 is 4.42 Å². The van der Waals surface area contributed by atoms with Gasteiger partial charge in [0.1, 0.15) is 11.2 Å².